The number of hydrogen-bond acceptors (Lipinski definition) is 5. The van der Waals surface area contributed by atoms with Crippen LogP contribution in [0.25, 0.3) is 11.3 Å². The second-order valence-electron chi connectivity index (χ2n) is 5.22. The highest BCUT2D eigenvalue weighted by atomic mass is 32.1. The molecule has 0 fully saturated rings. The van der Waals surface area contributed by atoms with Gasteiger partial charge in [-0.1, -0.05) is 0 Å². The number of nitrogens with zero attached hydrogens (tertiary/aromatic N) is 4. The topological polar surface area (TPSA) is 84.7 Å². The zero-order valence-corrected chi connectivity index (χ0v) is 14.1. The van der Waals surface area contributed by atoms with Gasteiger partial charge in [-0.25, -0.2) is 9.78 Å². The average molecular weight is 342 g/mol. The molecule has 24 heavy (non-hydrogen) atoms. The first-order chi connectivity index (χ1) is 11.7. The Balaban J connectivity index is 1.40. The van der Waals surface area contributed by atoms with E-state index in [2.05, 4.69) is 25.7 Å². The van der Waals surface area contributed by atoms with E-state index in [9.17, 15) is 4.79 Å². The van der Waals surface area contributed by atoms with E-state index in [-0.39, 0.29) is 6.03 Å². The Morgan fingerprint density at radius 2 is 2.12 bits per heavy atom. The summed E-state index contributed by atoms with van der Waals surface area (Å²) < 4.78 is 1.64. The van der Waals surface area contributed by atoms with Crippen LogP contribution in [0.4, 0.5) is 10.6 Å². The number of rotatable bonds is 6. The molecule has 0 atom stereocenters. The lowest BCUT2D eigenvalue weighted by Crippen LogP contribution is -2.29. The van der Waals surface area contributed by atoms with Gasteiger partial charge in [-0.3, -0.25) is 15.0 Å². The van der Waals surface area contributed by atoms with Gasteiger partial charge < -0.3 is 5.32 Å². The molecule has 0 aliphatic rings. The number of aromatic nitrogens is 4. The zero-order valence-electron chi connectivity index (χ0n) is 13.3. The van der Waals surface area contributed by atoms with Gasteiger partial charge in [0.1, 0.15) is 0 Å². The van der Waals surface area contributed by atoms with Crippen molar-refractivity contribution in [3.8, 4) is 11.3 Å². The summed E-state index contributed by atoms with van der Waals surface area (Å²) in [5, 5.41) is 12.7. The first kappa shape index (κ1) is 16.1. The van der Waals surface area contributed by atoms with Gasteiger partial charge in [0.15, 0.2) is 5.82 Å². The number of nitrogens with one attached hydrogen (secondary N) is 2. The summed E-state index contributed by atoms with van der Waals surface area (Å²) in [5.41, 5.74) is 2.04. The summed E-state index contributed by atoms with van der Waals surface area (Å²) in [7, 11) is 1.80. The Hall–Kier alpha value is -2.74. The summed E-state index contributed by atoms with van der Waals surface area (Å²) in [6.45, 7) is 0.586. The number of aryl methyl sites for hydroxylation is 2. The summed E-state index contributed by atoms with van der Waals surface area (Å²) >= 11 is 1.64. The Morgan fingerprint density at radius 3 is 2.88 bits per heavy atom. The molecule has 124 valence electrons. The fourth-order valence-electron chi connectivity index (χ4n) is 2.16. The number of anilines is 1. The van der Waals surface area contributed by atoms with Crippen LogP contribution in [0.3, 0.4) is 0 Å². The predicted octanol–water partition coefficient (Wildman–Crippen LogP) is 2.69. The first-order valence-corrected chi connectivity index (χ1v) is 8.48. The van der Waals surface area contributed by atoms with Crippen molar-refractivity contribution < 1.29 is 4.79 Å². The number of pyridine rings is 1. The molecule has 0 radical (unpaired) electrons. The molecule has 0 aliphatic carbocycles. The molecule has 0 saturated carbocycles. The van der Waals surface area contributed by atoms with Crippen LogP contribution in [0.1, 0.15) is 11.4 Å². The third kappa shape index (κ3) is 4.39. The van der Waals surface area contributed by atoms with Crippen molar-refractivity contribution >= 4 is 23.2 Å². The lowest BCUT2D eigenvalue weighted by Gasteiger charge is -2.04. The molecule has 2 amide bonds. The van der Waals surface area contributed by atoms with Gasteiger partial charge in [-0.05, 0) is 18.6 Å². The minimum atomic E-state index is -0.245. The molecule has 7 nitrogen and oxygen atoms in total. The average Bonchev–Trinajstić information content (AvgIpc) is 3.22. The van der Waals surface area contributed by atoms with Crippen molar-refractivity contribution in [3.05, 3.63) is 47.2 Å². The van der Waals surface area contributed by atoms with E-state index in [1.54, 1.807) is 47.7 Å². The predicted molar refractivity (Wildman–Crippen MR) is 93.9 cm³/mol. The minimum Gasteiger partial charge on any atom is -0.338 e. The smallest absolute Gasteiger partial charge is 0.320 e. The molecule has 0 aromatic carbocycles. The highest BCUT2D eigenvalue weighted by molar-refractivity contribution is 7.09. The van der Waals surface area contributed by atoms with E-state index >= 15 is 0 Å². The molecule has 0 unspecified atom stereocenters. The molecule has 0 spiro atoms. The van der Waals surface area contributed by atoms with Crippen LogP contribution in [-0.2, 0) is 13.5 Å². The molecular formula is C16H18N6OS. The normalized spacial score (nSPS) is 10.5. The van der Waals surface area contributed by atoms with Crippen LogP contribution >= 0.6 is 11.3 Å². The fraction of sp³-hybridized carbons (Fsp3) is 0.250. The second kappa shape index (κ2) is 7.69. The van der Waals surface area contributed by atoms with E-state index < -0.39 is 0 Å². The second-order valence-corrected chi connectivity index (χ2v) is 6.16. The largest absolute Gasteiger partial charge is 0.338 e. The van der Waals surface area contributed by atoms with Gasteiger partial charge in [0.25, 0.3) is 0 Å². The molecule has 3 rings (SSSR count). The quantitative estimate of drug-likeness (QED) is 0.675. The number of hydrogen-bond donors (Lipinski definition) is 2. The Labute approximate surface area is 143 Å². The van der Waals surface area contributed by atoms with Gasteiger partial charge in [0, 0.05) is 55.6 Å². The monoisotopic (exact) mass is 342 g/mol. The van der Waals surface area contributed by atoms with Crippen LogP contribution in [0.15, 0.2) is 42.2 Å². The zero-order chi connectivity index (χ0) is 16.8. The number of urea groups is 1. The Kier molecular flexibility index (Phi) is 5.17. The SMILES string of the molecule is Cn1ccc(NC(=O)NCCCc2nc(-c3ccncc3)cs2)n1. The van der Waals surface area contributed by atoms with Gasteiger partial charge in [0.2, 0.25) is 0 Å². The van der Waals surface area contributed by atoms with Gasteiger partial charge in [-0.15, -0.1) is 11.3 Å². The molecule has 8 heteroatoms. The highest BCUT2D eigenvalue weighted by Crippen LogP contribution is 2.21. The minimum absolute atomic E-state index is 0.245. The standard InChI is InChI=1S/C16H18N6OS/c1-22-10-6-14(21-22)20-16(23)18-7-2-3-15-19-13(11-24-15)12-4-8-17-9-5-12/h4-6,8-11H,2-3,7H2,1H3,(H2,18,20,21,23). The lowest BCUT2D eigenvalue weighted by molar-refractivity contribution is 0.252. The van der Waals surface area contributed by atoms with Crippen LogP contribution in [0, 0.1) is 0 Å². The number of carbonyl (C=O) groups excluding carboxylic acids is 1. The van der Waals surface area contributed by atoms with Crippen molar-refractivity contribution in [3.63, 3.8) is 0 Å². The van der Waals surface area contributed by atoms with Crippen molar-refractivity contribution in [1.29, 1.82) is 0 Å². The maximum absolute atomic E-state index is 11.7. The summed E-state index contributed by atoms with van der Waals surface area (Å²) in [4.78, 5) is 20.4. The first-order valence-electron chi connectivity index (χ1n) is 7.60. The summed E-state index contributed by atoms with van der Waals surface area (Å²) in [6, 6.07) is 5.39. The Morgan fingerprint density at radius 1 is 1.29 bits per heavy atom. The van der Waals surface area contributed by atoms with E-state index in [4.69, 9.17) is 0 Å². The molecule has 3 aromatic rings. The number of carbonyl (C=O) groups is 1. The molecular weight excluding hydrogens is 324 g/mol. The van der Waals surface area contributed by atoms with Crippen LogP contribution in [0.5, 0.6) is 0 Å². The van der Waals surface area contributed by atoms with Crippen LogP contribution in [0.2, 0.25) is 0 Å². The lowest BCUT2D eigenvalue weighted by atomic mass is 10.2. The van der Waals surface area contributed by atoms with Crippen molar-refractivity contribution in [2.75, 3.05) is 11.9 Å². The van der Waals surface area contributed by atoms with Crippen molar-refractivity contribution in [2.24, 2.45) is 7.05 Å². The summed E-state index contributed by atoms with van der Waals surface area (Å²) in [6.07, 6.45) is 6.97. The number of thiazole rings is 1. The molecule has 2 N–H and O–H groups in total. The summed E-state index contributed by atoms with van der Waals surface area (Å²) in [5.74, 6) is 0.539. The van der Waals surface area contributed by atoms with Crippen molar-refractivity contribution in [1.82, 2.24) is 25.1 Å². The van der Waals surface area contributed by atoms with E-state index in [0.29, 0.717) is 12.4 Å². The maximum Gasteiger partial charge on any atom is 0.320 e. The molecule has 3 aromatic heterocycles. The van der Waals surface area contributed by atoms with E-state index in [0.717, 1.165) is 29.1 Å². The van der Waals surface area contributed by atoms with Gasteiger partial charge in [0.05, 0.1) is 10.7 Å². The van der Waals surface area contributed by atoms with Gasteiger partial charge >= 0.3 is 6.03 Å². The molecule has 0 saturated heterocycles. The Bertz CT molecular complexity index is 798. The molecule has 0 bridgehead atoms. The number of amides is 2. The fourth-order valence-corrected chi connectivity index (χ4v) is 3.01. The maximum atomic E-state index is 11.7. The van der Waals surface area contributed by atoms with E-state index in [1.165, 1.54) is 0 Å². The van der Waals surface area contributed by atoms with Gasteiger partial charge in [-0.2, -0.15) is 5.10 Å². The third-order valence-electron chi connectivity index (χ3n) is 3.34. The van der Waals surface area contributed by atoms with Crippen LogP contribution in [-0.4, -0.2) is 32.3 Å². The van der Waals surface area contributed by atoms with E-state index in [1.807, 2.05) is 17.5 Å². The highest BCUT2D eigenvalue weighted by Gasteiger charge is 2.06. The molecule has 0 aliphatic heterocycles. The van der Waals surface area contributed by atoms with Crippen molar-refractivity contribution in [2.45, 2.75) is 12.8 Å². The van der Waals surface area contributed by atoms with Crippen LogP contribution < -0.4 is 10.6 Å². The third-order valence-corrected chi connectivity index (χ3v) is 4.24. The molecule has 3 heterocycles.